The van der Waals surface area contributed by atoms with Gasteiger partial charge >= 0.3 is 0 Å². The Bertz CT molecular complexity index is 317. The fourth-order valence-electron chi connectivity index (χ4n) is 3.35. The Balaban J connectivity index is 2.12. The predicted molar refractivity (Wildman–Crippen MR) is 64.0 cm³/mol. The minimum absolute atomic E-state index is 0.257. The van der Waals surface area contributed by atoms with E-state index in [4.69, 9.17) is 0 Å². The van der Waals surface area contributed by atoms with Crippen LogP contribution in [-0.4, -0.2) is 17.0 Å². The Morgan fingerprint density at radius 1 is 1.31 bits per heavy atom. The van der Waals surface area contributed by atoms with Gasteiger partial charge in [0.1, 0.15) is 5.78 Å². The highest BCUT2D eigenvalue weighted by atomic mass is 16.3. The van der Waals surface area contributed by atoms with Gasteiger partial charge in [0.2, 0.25) is 0 Å². The third-order valence-corrected chi connectivity index (χ3v) is 4.56. The molecule has 2 nitrogen and oxygen atoms in total. The molecule has 90 valence electrons. The van der Waals surface area contributed by atoms with Gasteiger partial charge in [-0.25, -0.2) is 0 Å². The molecule has 0 bridgehead atoms. The van der Waals surface area contributed by atoms with E-state index in [0.717, 1.165) is 24.8 Å². The predicted octanol–water partition coefficient (Wildman–Crippen LogP) is 2.71. The summed E-state index contributed by atoms with van der Waals surface area (Å²) in [6.07, 6.45) is 3.54. The molecule has 0 aromatic carbocycles. The monoisotopic (exact) mass is 222 g/mol. The first-order valence-corrected chi connectivity index (χ1v) is 6.30. The van der Waals surface area contributed by atoms with Crippen LogP contribution in [0.1, 0.15) is 46.0 Å². The summed E-state index contributed by atoms with van der Waals surface area (Å²) in [5.74, 6) is 1.12. The van der Waals surface area contributed by atoms with Crippen molar-refractivity contribution in [2.45, 2.75) is 52.1 Å². The van der Waals surface area contributed by atoms with E-state index in [-0.39, 0.29) is 5.92 Å². The number of carbonyl (C=O) groups is 1. The standard InChI is InChI=1S/C14H22O2/c1-9-4-5-11-10(8-14(11,2)3)13(16)7-6-12(9)15/h10-12,15H,1,4-8H2,2-3H3/t10-,11+,12+/m0/s1. The van der Waals surface area contributed by atoms with Crippen LogP contribution in [-0.2, 0) is 4.79 Å². The van der Waals surface area contributed by atoms with Crippen LogP contribution in [0.25, 0.3) is 0 Å². The number of hydrogen-bond acceptors (Lipinski definition) is 2. The van der Waals surface area contributed by atoms with Gasteiger partial charge < -0.3 is 5.11 Å². The molecule has 0 aromatic heterocycles. The highest BCUT2D eigenvalue weighted by molar-refractivity contribution is 5.82. The fourth-order valence-corrected chi connectivity index (χ4v) is 3.35. The maximum Gasteiger partial charge on any atom is 0.136 e. The van der Waals surface area contributed by atoms with Crippen LogP contribution in [0.15, 0.2) is 12.2 Å². The Labute approximate surface area is 97.7 Å². The van der Waals surface area contributed by atoms with Crippen molar-refractivity contribution in [1.82, 2.24) is 0 Å². The van der Waals surface area contributed by atoms with Crippen LogP contribution < -0.4 is 0 Å². The summed E-state index contributed by atoms with van der Waals surface area (Å²) < 4.78 is 0. The molecule has 2 aliphatic carbocycles. The summed E-state index contributed by atoms with van der Waals surface area (Å²) in [6, 6.07) is 0. The van der Waals surface area contributed by atoms with Crippen molar-refractivity contribution in [3.63, 3.8) is 0 Å². The van der Waals surface area contributed by atoms with Gasteiger partial charge in [-0.05, 0) is 42.6 Å². The number of aliphatic hydroxyl groups is 1. The van der Waals surface area contributed by atoms with Gasteiger partial charge in [0.05, 0.1) is 6.10 Å². The van der Waals surface area contributed by atoms with E-state index in [2.05, 4.69) is 20.4 Å². The molecule has 0 spiro atoms. The molecular formula is C14H22O2. The number of fused-ring (bicyclic) bond motifs is 1. The van der Waals surface area contributed by atoms with Gasteiger partial charge in [0.15, 0.2) is 0 Å². The lowest BCUT2D eigenvalue weighted by Crippen LogP contribution is -2.47. The highest BCUT2D eigenvalue weighted by Gasteiger charge is 2.49. The van der Waals surface area contributed by atoms with Gasteiger partial charge in [-0.3, -0.25) is 4.79 Å². The maximum atomic E-state index is 12.0. The smallest absolute Gasteiger partial charge is 0.136 e. The van der Waals surface area contributed by atoms with Gasteiger partial charge in [-0.2, -0.15) is 0 Å². The van der Waals surface area contributed by atoms with Gasteiger partial charge in [0, 0.05) is 12.3 Å². The molecular weight excluding hydrogens is 200 g/mol. The van der Waals surface area contributed by atoms with Crippen LogP contribution in [0.4, 0.5) is 0 Å². The van der Waals surface area contributed by atoms with Crippen molar-refractivity contribution >= 4 is 5.78 Å². The van der Waals surface area contributed by atoms with Crippen molar-refractivity contribution in [3.8, 4) is 0 Å². The normalized spacial score (nSPS) is 39.1. The molecule has 0 aromatic rings. The minimum atomic E-state index is -0.468. The lowest BCUT2D eigenvalue weighted by atomic mass is 9.53. The minimum Gasteiger partial charge on any atom is -0.389 e. The zero-order valence-corrected chi connectivity index (χ0v) is 10.3. The first-order valence-electron chi connectivity index (χ1n) is 6.30. The lowest BCUT2D eigenvalue weighted by Gasteiger charge is -2.51. The molecule has 2 saturated carbocycles. The van der Waals surface area contributed by atoms with Crippen molar-refractivity contribution < 1.29 is 9.90 Å². The molecule has 1 N–H and O–H groups in total. The molecule has 2 fully saturated rings. The van der Waals surface area contributed by atoms with Crippen molar-refractivity contribution in [3.05, 3.63) is 12.2 Å². The average molecular weight is 222 g/mol. The first-order chi connectivity index (χ1) is 7.42. The van der Waals surface area contributed by atoms with Gasteiger partial charge in [-0.1, -0.05) is 20.4 Å². The Morgan fingerprint density at radius 3 is 2.62 bits per heavy atom. The van der Waals surface area contributed by atoms with Crippen LogP contribution >= 0.6 is 0 Å². The van der Waals surface area contributed by atoms with Crippen molar-refractivity contribution in [1.29, 1.82) is 0 Å². The number of ketones is 1. The molecule has 16 heavy (non-hydrogen) atoms. The fraction of sp³-hybridized carbons (Fsp3) is 0.786. The van der Waals surface area contributed by atoms with E-state index < -0.39 is 6.10 Å². The summed E-state index contributed by atoms with van der Waals surface area (Å²) in [5, 5.41) is 9.80. The quantitative estimate of drug-likeness (QED) is 0.640. The summed E-state index contributed by atoms with van der Waals surface area (Å²) in [7, 11) is 0. The lowest BCUT2D eigenvalue weighted by molar-refractivity contribution is -0.137. The molecule has 0 amide bonds. The topological polar surface area (TPSA) is 37.3 Å². The van der Waals surface area contributed by atoms with E-state index >= 15 is 0 Å². The van der Waals surface area contributed by atoms with E-state index in [1.54, 1.807) is 0 Å². The second-order valence-corrected chi connectivity index (χ2v) is 6.12. The largest absolute Gasteiger partial charge is 0.389 e. The van der Waals surface area contributed by atoms with Crippen molar-refractivity contribution in [2.75, 3.05) is 0 Å². The molecule has 2 rings (SSSR count). The number of carbonyl (C=O) groups excluding carboxylic acids is 1. The molecule has 2 aliphatic rings. The summed E-state index contributed by atoms with van der Waals surface area (Å²) >= 11 is 0. The third-order valence-electron chi connectivity index (χ3n) is 4.56. The molecule has 0 aliphatic heterocycles. The molecule has 0 saturated heterocycles. The van der Waals surface area contributed by atoms with Crippen LogP contribution in [0, 0.1) is 17.3 Å². The third kappa shape index (κ3) is 1.95. The number of Topliss-reactive ketones (excluding diaryl/α,β-unsaturated/α-hetero) is 1. The molecule has 0 unspecified atom stereocenters. The molecule has 0 heterocycles. The molecule has 2 heteroatoms. The summed E-state index contributed by atoms with van der Waals surface area (Å²) in [5.41, 5.74) is 1.21. The number of hydrogen-bond donors (Lipinski definition) is 1. The number of rotatable bonds is 0. The van der Waals surface area contributed by atoms with E-state index in [0.29, 0.717) is 30.0 Å². The van der Waals surface area contributed by atoms with E-state index in [1.165, 1.54) is 0 Å². The average Bonchev–Trinajstić information content (AvgIpc) is 2.24. The Kier molecular flexibility index (Phi) is 2.95. The Hall–Kier alpha value is -0.630. The van der Waals surface area contributed by atoms with Crippen LogP contribution in [0.2, 0.25) is 0 Å². The van der Waals surface area contributed by atoms with Gasteiger partial charge in [0.25, 0.3) is 0 Å². The SMILES string of the molecule is C=C1CC[C@@H]2[C@H](CC2(C)C)C(=O)CC[C@H]1O. The molecule has 0 radical (unpaired) electrons. The van der Waals surface area contributed by atoms with Crippen LogP contribution in [0.5, 0.6) is 0 Å². The zero-order valence-electron chi connectivity index (χ0n) is 10.3. The number of aliphatic hydroxyl groups excluding tert-OH is 1. The van der Waals surface area contributed by atoms with Crippen LogP contribution in [0.3, 0.4) is 0 Å². The Morgan fingerprint density at radius 2 is 2.00 bits per heavy atom. The summed E-state index contributed by atoms with van der Waals surface area (Å²) in [4.78, 5) is 12.0. The second-order valence-electron chi connectivity index (χ2n) is 6.12. The van der Waals surface area contributed by atoms with E-state index in [9.17, 15) is 9.90 Å². The highest BCUT2D eigenvalue weighted by Crippen LogP contribution is 2.54. The van der Waals surface area contributed by atoms with E-state index in [1.807, 2.05) is 0 Å². The van der Waals surface area contributed by atoms with Crippen molar-refractivity contribution in [2.24, 2.45) is 17.3 Å². The molecule has 3 atom stereocenters. The maximum absolute atomic E-state index is 12.0. The zero-order chi connectivity index (χ0) is 11.9. The second kappa shape index (κ2) is 3.99. The summed E-state index contributed by atoms with van der Waals surface area (Å²) in [6.45, 7) is 8.43. The first kappa shape index (κ1) is 11.8. The van der Waals surface area contributed by atoms with Gasteiger partial charge in [-0.15, -0.1) is 0 Å².